The van der Waals surface area contributed by atoms with Crippen molar-refractivity contribution in [2.75, 3.05) is 0 Å². The van der Waals surface area contributed by atoms with Crippen molar-refractivity contribution >= 4 is 35.3 Å². The summed E-state index contributed by atoms with van der Waals surface area (Å²) in [5.41, 5.74) is 2.73. The third-order valence-corrected chi connectivity index (χ3v) is 6.62. The zero-order valence-electron chi connectivity index (χ0n) is 12.8. The van der Waals surface area contributed by atoms with Crippen molar-refractivity contribution in [2.45, 2.75) is 24.1 Å². The van der Waals surface area contributed by atoms with Crippen molar-refractivity contribution in [3.63, 3.8) is 0 Å². The molecule has 0 aliphatic carbocycles. The van der Waals surface area contributed by atoms with E-state index in [2.05, 4.69) is 44.4 Å². The van der Waals surface area contributed by atoms with E-state index in [1.165, 1.54) is 5.56 Å². The maximum absolute atomic E-state index is 12.2. The third kappa shape index (κ3) is 5.39. The van der Waals surface area contributed by atoms with Crippen LogP contribution in [0.2, 0.25) is 0 Å². The maximum atomic E-state index is 12.2. The average molecular weight is 437 g/mol. The molecule has 0 bridgehead atoms. The molecule has 1 unspecified atom stereocenters. The molecule has 0 saturated heterocycles. The Kier molecular flexibility index (Phi) is 7.44. The van der Waals surface area contributed by atoms with Gasteiger partial charge in [-0.1, -0.05) is 58.4 Å². The lowest BCUT2D eigenvalue weighted by Crippen LogP contribution is -1.94. The molecule has 2 rings (SSSR count). The highest BCUT2D eigenvalue weighted by molar-refractivity contribution is 9.10. The summed E-state index contributed by atoms with van der Waals surface area (Å²) in [6.45, 7) is 2.14. The number of thioether (sulfide) groups is 1. The first-order valence-corrected chi connectivity index (χ1v) is 10.7. The largest absolute Gasteiger partial charge is 0.399 e. The van der Waals surface area contributed by atoms with Gasteiger partial charge in [-0.2, -0.15) is 0 Å². The molecule has 0 radical (unpaired) electrons. The Morgan fingerprint density at radius 1 is 1.17 bits per heavy atom. The molecule has 3 nitrogen and oxygen atoms in total. The number of benzene rings is 2. The Bertz CT molecular complexity index is 710. The normalized spacial score (nSPS) is 13.0. The van der Waals surface area contributed by atoms with E-state index in [1.807, 2.05) is 30.3 Å². The third-order valence-electron chi connectivity index (χ3n) is 3.46. The Labute approximate surface area is 152 Å². The molecule has 130 valence electrons. The molecule has 0 aromatic heterocycles. The summed E-state index contributed by atoms with van der Waals surface area (Å²) in [4.78, 5) is 0. The van der Waals surface area contributed by atoms with E-state index in [-0.39, 0.29) is 0 Å². The van der Waals surface area contributed by atoms with E-state index in [0.717, 1.165) is 11.3 Å². The standard InChI is InChI=1S/C16H16BrF2O3PS/c1-12(14-5-3-2-4-6-14)24-11-13-7-8-15(16(17)9-13)10-23(20,21-18)22-19/h2-9,12H,10-11H2,1H3. The second-order valence-electron chi connectivity index (χ2n) is 5.20. The number of halogens is 3. The molecule has 1 atom stereocenters. The van der Waals surface area contributed by atoms with Gasteiger partial charge in [0.1, 0.15) is 0 Å². The SMILES string of the molecule is CC(SCc1ccc(CP(=O)(OF)OF)c(Br)c1)c1ccccc1. The molecule has 8 heteroatoms. The summed E-state index contributed by atoms with van der Waals surface area (Å²) in [6, 6.07) is 15.5. The molecule has 24 heavy (non-hydrogen) atoms. The fraction of sp³-hybridized carbons (Fsp3) is 0.250. The Morgan fingerprint density at radius 2 is 1.83 bits per heavy atom. The van der Waals surface area contributed by atoms with E-state index < -0.39 is 13.8 Å². The van der Waals surface area contributed by atoms with Crippen LogP contribution >= 0.6 is 35.3 Å². The summed E-state index contributed by atoms with van der Waals surface area (Å²) in [5.74, 6) is 0.770. The first-order valence-electron chi connectivity index (χ1n) is 7.11. The fourth-order valence-corrected chi connectivity index (χ4v) is 4.68. The monoisotopic (exact) mass is 436 g/mol. The highest BCUT2D eigenvalue weighted by atomic mass is 79.9. The zero-order chi connectivity index (χ0) is 17.6. The van der Waals surface area contributed by atoms with Gasteiger partial charge in [0.2, 0.25) is 0 Å². The van der Waals surface area contributed by atoms with Crippen LogP contribution in [0.25, 0.3) is 0 Å². The van der Waals surface area contributed by atoms with E-state index >= 15 is 0 Å². The summed E-state index contributed by atoms with van der Waals surface area (Å²) in [6.07, 6.45) is -0.492. The summed E-state index contributed by atoms with van der Waals surface area (Å²) >= 11 is 5.10. The first-order chi connectivity index (χ1) is 11.5. The van der Waals surface area contributed by atoms with Crippen LogP contribution in [0.1, 0.15) is 28.9 Å². The van der Waals surface area contributed by atoms with E-state index in [9.17, 15) is 13.6 Å². The quantitative estimate of drug-likeness (QED) is 0.419. The minimum absolute atomic E-state index is 0.338. The van der Waals surface area contributed by atoms with Crippen LogP contribution in [0.5, 0.6) is 0 Å². The second kappa shape index (κ2) is 9.11. The minimum Gasteiger partial charge on any atom is -0.254 e. The fourth-order valence-electron chi connectivity index (χ4n) is 2.12. The van der Waals surface area contributed by atoms with Gasteiger partial charge in [0, 0.05) is 15.5 Å². The molecular formula is C16H16BrF2O3PS. The van der Waals surface area contributed by atoms with Crippen LogP contribution in [-0.2, 0) is 25.9 Å². The molecule has 0 aliphatic rings. The Hall–Kier alpha value is -0.720. The zero-order valence-corrected chi connectivity index (χ0v) is 16.1. The molecule has 2 aromatic rings. The Morgan fingerprint density at radius 3 is 2.42 bits per heavy atom. The predicted octanol–water partition coefficient (Wildman–Crippen LogP) is 6.94. The van der Waals surface area contributed by atoms with Crippen LogP contribution < -0.4 is 0 Å². The van der Waals surface area contributed by atoms with Gasteiger partial charge < -0.3 is 0 Å². The van der Waals surface area contributed by atoms with Gasteiger partial charge in [0.05, 0.1) is 6.16 Å². The summed E-state index contributed by atoms with van der Waals surface area (Å²) in [5, 5.41) is 0.338. The van der Waals surface area contributed by atoms with Crippen molar-refractivity contribution in [1.82, 2.24) is 0 Å². The van der Waals surface area contributed by atoms with Gasteiger partial charge in [-0.3, -0.25) is 4.57 Å². The number of hydrogen-bond acceptors (Lipinski definition) is 4. The average Bonchev–Trinajstić information content (AvgIpc) is 2.62. The van der Waals surface area contributed by atoms with Gasteiger partial charge in [-0.15, -0.1) is 21.2 Å². The molecule has 0 aliphatic heterocycles. The van der Waals surface area contributed by atoms with Gasteiger partial charge in [0.15, 0.2) is 0 Å². The molecule has 0 N–H and O–H groups in total. The summed E-state index contributed by atoms with van der Waals surface area (Å²) in [7, 11) is -4.38. The van der Waals surface area contributed by atoms with Crippen LogP contribution in [0.15, 0.2) is 53.0 Å². The van der Waals surface area contributed by atoms with Crippen LogP contribution in [0.3, 0.4) is 0 Å². The number of hydrogen-bond donors (Lipinski definition) is 0. The van der Waals surface area contributed by atoms with Crippen molar-refractivity contribution in [3.05, 3.63) is 69.7 Å². The maximum Gasteiger partial charge on any atom is 0.399 e. The van der Waals surface area contributed by atoms with Crippen LogP contribution in [-0.4, -0.2) is 0 Å². The van der Waals surface area contributed by atoms with Gasteiger partial charge >= 0.3 is 7.60 Å². The summed E-state index contributed by atoms with van der Waals surface area (Å²) < 4.78 is 42.7. The van der Waals surface area contributed by atoms with Crippen molar-refractivity contribution in [1.29, 1.82) is 0 Å². The van der Waals surface area contributed by atoms with E-state index in [1.54, 1.807) is 17.8 Å². The van der Waals surface area contributed by atoms with Crippen molar-refractivity contribution in [2.24, 2.45) is 0 Å². The highest BCUT2D eigenvalue weighted by Gasteiger charge is 2.29. The van der Waals surface area contributed by atoms with Gasteiger partial charge in [-0.25, -0.2) is 0 Å². The van der Waals surface area contributed by atoms with E-state index in [0.29, 0.717) is 15.3 Å². The first kappa shape index (κ1) is 19.6. The predicted molar refractivity (Wildman–Crippen MR) is 96.0 cm³/mol. The van der Waals surface area contributed by atoms with Crippen LogP contribution in [0, 0.1) is 0 Å². The lowest BCUT2D eigenvalue weighted by molar-refractivity contribution is -0.0881. The minimum atomic E-state index is -4.38. The lowest BCUT2D eigenvalue weighted by atomic mass is 10.2. The van der Waals surface area contributed by atoms with E-state index in [4.69, 9.17) is 0 Å². The topological polar surface area (TPSA) is 35.5 Å². The molecule has 0 amide bonds. The molecule has 0 saturated carbocycles. The molecule has 0 spiro atoms. The highest BCUT2D eigenvalue weighted by Crippen LogP contribution is 2.53. The molecule has 0 fully saturated rings. The second-order valence-corrected chi connectivity index (χ2v) is 9.19. The Balaban J connectivity index is 2.01. The van der Waals surface area contributed by atoms with Crippen molar-refractivity contribution in [3.8, 4) is 0 Å². The molecule has 0 heterocycles. The smallest absolute Gasteiger partial charge is 0.254 e. The number of rotatable bonds is 8. The lowest BCUT2D eigenvalue weighted by Gasteiger charge is -2.13. The van der Waals surface area contributed by atoms with Crippen molar-refractivity contribution < 1.29 is 23.1 Å². The molecular weight excluding hydrogens is 421 g/mol. The molecule has 2 aromatic carbocycles. The van der Waals surface area contributed by atoms with Gasteiger partial charge in [-0.05, 0) is 38.7 Å². The van der Waals surface area contributed by atoms with Crippen LogP contribution in [0.4, 0.5) is 9.05 Å². The van der Waals surface area contributed by atoms with Gasteiger partial charge in [0.25, 0.3) is 0 Å².